The second-order valence-corrected chi connectivity index (χ2v) is 4.66. The van der Waals surface area contributed by atoms with Crippen molar-refractivity contribution >= 4 is 0 Å². The largest absolute Gasteiger partial charge is 0.358 e. The van der Waals surface area contributed by atoms with Gasteiger partial charge in [0.25, 0.3) is 0 Å². The summed E-state index contributed by atoms with van der Waals surface area (Å²) < 4.78 is 0. The molecule has 0 saturated heterocycles. The van der Waals surface area contributed by atoms with Crippen molar-refractivity contribution in [1.82, 2.24) is 4.90 Å². The van der Waals surface area contributed by atoms with Crippen LogP contribution in [0.1, 0.15) is 41.5 Å². The van der Waals surface area contributed by atoms with E-state index < -0.39 is 0 Å². The summed E-state index contributed by atoms with van der Waals surface area (Å²) >= 11 is 0. The molecule has 2 heteroatoms. The van der Waals surface area contributed by atoms with E-state index in [0.717, 1.165) is 13.1 Å². The molecule has 14 heavy (non-hydrogen) atoms. The summed E-state index contributed by atoms with van der Waals surface area (Å²) in [6.45, 7) is 22.1. The van der Waals surface area contributed by atoms with E-state index in [1.54, 1.807) is 0 Å². The van der Waals surface area contributed by atoms with Crippen LogP contribution in [0.5, 0.6) is 0 Å². The Hall–Kier alpha value is 0.648. The summed E-state index contributed by atoms with van der Waals surface area (Å²) in [5, 5.41) is 0. The second-order valence-electron chi connectivity index (χ2n) is 4.66. The van der Waals surface area contributed by atoms with Gasteiger partial charge in [-0.05, 0) is 20.8 Å². The van der Waals surface area contributed by atoms with Crippen LogP contribution in [0.2, 0.25) is 0 Å². The van der Waals surface area contributed by atoms with Crippen molar-refractivity contribution in [3.8, 4) is 0 Å². The number of rotatable bonds is 2. The Morgan fingerprint density at radius 1 is 1.00 bits per heavy atom. The van der Waals surface area contributed by atoms with Gasteiger partial charge in [-0.25, -0.2) is 0 Å². The Morgan fingerprint density at radius 2 is 1.21 bits per heavy atom. The van der Waals surface area contributed by atoms with Gasteiger partial charge in [0.05, 0.1) is 0 Å². The minimum absolute atomic E-state index is 0. The molecule has 0 aliphatic carbocycles. The molecule has 0 aliphatic rings. The van der Waals surface area contributed by atoms with Gasteiger partial charge < -0.3 is 24.7 Å². The van der Waals surface area contributed by atoms with Gasteiger partial charge in [-0.15, -0.1) is 13.1 Å². The van der Waals surface area contributed by atoms with Gasteiger partial charge in [0.2, 0.25) is 0 Å². The Labute approximate surface area is 106 Å². The van der Waals surface area contributed by atoms with Gasteiger partial charge in [-0.1, -0.05) is 0 Å². The third-order valence-electron chi connectivity index (χ3n) is 1.49. The number of hydrogen-bond donors (Lipinski definition) is 0. The topological polar surface area (TPSA) is 3.24 Å². The van der Waals surface area contributed by atoms with Gasteiger partial charge in [-0.2, -0.15) is 20.8 Å². The molecule has 0 radical (unpaired) electrons. The summed E-state index contributed by atoms with van der Waals surface area (Å²) in [7, 11) is 0. The van der Waals surface area contributed by atoms with E-state index in [1.807, 2.05) is 0 Å². The normalized spacial score (nSPS) is 10.7. The fraction of sp³-hybridized carbons (Fsp3) is 0.750. The first-order chi connectivity index (χ1) is 5.75. The molecule has 0 atom stereocenters. The zero-order valence-electron chi connectivity index (χ0n) is 10.7. The first-order valence-electron chi connectivity index (χ1n) is 4.86. The van der Waals surface area contributed by atoms with Gasteiger partial charge in [-0.3, -0.25) is 0 Å². The fourth-order valence-corrected chi connectivity index (χ4v) is 0.783. The van der Waals surface area contributed by atoms with Crippen molar-refractivity contribution in [2.75, 3.05) is 13.1 Å². The molecule has 0 fully saturated rings. The average Bonchev–Trinajstić information content (AvgIpc) is 1.85. The summed E-state index contributed by atoms with van der Waals surface area (Å²) in [6.07, 6.45) is 0. The van der Waals surface area contributed by atoms with Gasteiger partial charge >= 0.3 is 0 Å². The summed E-state index contributed by atoms with van der Waals surface area (Å²) in [5.41, 5.74) is 0.226. The molecule has 0 heterocycles. The van der Waals surface area contributed by atoms with Crippen molar-refractivity contribution in [3.05, 3.63) is 19.8 Å². The van der Waals surface area contributed by atoms with Crippen molar-refractivity contribution in [1.29, 1.82) is 0 Å². The molecule has 0 spiro atoms. The van der Waals surface area contributed by atoms with Crippen LogP contribution >= 0.6 is 0 Å². The third-order valence-corrected chi connectivity index (χ3v) is 1.49. The predicted octanol–water partition coefficient (Wildman–Crippen LogP) is 3.37. The minimum atomic E-state index is 0. The van der Waals surface area contributed by atoms with Crippen molar-refractivity contribution in [2.24, 2.45) is 0 Å². The van der Waals surface area contributed by atoms with Crippen molar-refractivity contribution < 1.29 is 21.1 Å². The standard InChI is InChI=1S/C8H17N.C4H9.W/c1-6-9(7-2)8(3,4)5;1-4(2)3;/h1-2,6-7H2,3-5H3;1-3H3;/q-2;-1;. The molecule has 0 aromatic heterocycles. The molecule has 1 nitrogen and oxygen atoms in total. The maximum absolute atomic E-state index is 3.81. The first kappa shape index (κ1) is 20.1. The molecular weight excluding hydrogens is 342 g/mol. The fourth-order valence-electron chi connectivity index (χ4n) is 0.783. The molecule has 88 valence electrons. The zero-order chi connectivity index (χ0) is 11.1. The third kappa shape index (κ3) is 15.1. The number of hydrogen-bond acceptors (Lipinski definition) is 1. The molecule has 0 saturated carbocycles. The van der Waals surface area contributed by atoms with E-state index in [0.29, 0.717) is 0 Å². The Bertz CT molecular complexity index is 98.6. The van der Waals surface area contributed by atoms with E-state index >= 15 is 0 Å². The van der Waals surface area contributed by atoms with Crippen LogP contribution in [0, 0.1) is 19.8 Å². The van der Waals surface area contributed by atoms with E-state index in [2.05, 4.69) is 60.3 Å². The molecule has 0 aromatic carbocycles. The zero-order valence-corrected chi connectivity index (χ0v) is 13.6. The maximum Gasteiger partial charge on any atom is 0.00714 e. The van der Waals surface area contributed by atoms with Crippen LogP contribution in [-0.4, -0.2) is 23.5 Å². The van der Waals surface area contributed by atoms with Crippen LogP contribution in [-0.2, 0) is 21.1 Å². The smallest absolute Gasteiger partial charge is 0.00714 e. The molecule has 0 N–H and O–H groups in total. The molecule has 0 aliphatic heterocycles. The maximum atomic E-state index is 3.81. The monoisotopic (exact) mass is 368 g/mol. The Balaban J connectivity index is -0.000000209. The predicted molar refractivity (Wildman–Crippen MR) is 62.3 cm³/mol. The van der Waals surface area contributed by atoms with Crippen LogP contribution < -0.4 is 0 Å². The first-order valence-corrected chi connectivity index (χ1v) is 4.86. The van der Waals surface area contributed by atoms with E-state index in [9.17, 15) is 0 Å². The van der Waals surface area contributed by atoms with Gasteiger partial charge in [0.15, 0.2) is 0 Å². The van der Waals surface area contributed by atoms with Crippen molar-refractivity contribution in [2.45, 2.75) is 47.1 Å². The van der Waals surface area contributed by atoms with E-state index in [4.69, 9.17) is 0 Å². The van der Waals surface area contributed by atoms with E-state index in [1.165, 1.54) is 5.92 Å². The Morgan fingerprint density at radius 3 is 1.21 bits per heavy atom. The van der Waals surface area contributed by atoms with Crippen molar-refractivity contribution in [3.63, 3.8) is 0 Å². The molecule has 0 bridgehead atoms. The second kappa shape index (κ2) is 10.2. The van der Waals surface area contributed by atoms with Crippen LogP contribution in [0.3, 0.4) is 0 Å². The number of nitrogens with zero attached hydrogens (tertiary/aromatic N) is 1. The summed E-state index contributed by atoms with van der Waals surface area (Å²) in [6, 6.07) is 0. The molecular formula is C12H26NW-3. The van der Waals surface area contributed by atoms with Gasteiger partial charge in [0.1, 0.15) is 0 Å². The quantitative estimate of drug-likeness (QED) is 0.676. The average molecular weight is 368 g/mol. The van der Waals surface area contributed by atoms with Crippen LogP contribution in [0.15, 0.2) is 0 Å². The minimum Gasteiger partial charge on any atom is -0.358 e. The molecule has 0 rings (SSSR count). The SMILES string of the molecule is C[C-](C)C.[CH2-]CN(C[CH2-])C(C)(C)C.[W]. The van der Waals surface area contributed by atoms with Crippen LogP contribution in [0.4, 0.5) is 0 Å². The molecule has 0 unspecified atom stereocenters. The Kier molecular flexibility index (Phi) is 14.6. The molecule has 0 amide bonds. The van der Waals surface area contributed by atoms with Crippen LogP contribution in [0.25, 0.3) is 0 Å². The summed E-state index contributed by atoms with van der Waals surface area (Å²) in [5.74, 6) is 1.42. The molecule has 0 aromatic rings. The van der Waals surface area contributed by atoms with Gasteiger partial charge in [0, 0.05) is 26.6 Å². The summed E-state index contributed by atoms with van der Waals surface area (Å²) in [4.78, 5) is 2.22. The van der Waals surface area contributed by atoms with E-state index in [-0.39, 0.29) is 26.6 Å².